The third-order valence-electron chi connectivity index (χ3n) is 3.32. The molecule has 3 aromatic rings. The Bertz CT molecular complexity index is 836. The maximum absolute atomic E-state index is 10.5. The second-order valence-electron chi connectivity index (χ2n) is 5.18. The molecule has 140 valence electrons. The van der Waals surface area contributed by atoms with Gasteiger partial charge >= 0.3 is 5.97 Å². The van der Waals surface area contributed by atoms with Crippen LogP contribution in [0.3, 0.4) is 0 Å². The summed E-state index contributed by atoms with van der Waals surface area (Å²) < 4.78 is 10.8. The highest BCUT2D eigenvalue weighted by molar-refractivity contribution is 5.68. The number of benzene rings is 2. The Morgan fingerprint density at radius 3 is 2.19 bits per heavy atom. The predicted octanol–water partition coefficient (Wildman–Crippen LogP) is 4.21. The average molecular weight is 366 g/mol. The summed E-state index contributed by atoms with van der Waals surface area (Å²) in [7, 11) is 0. The fraction of sp³-hybridized carbons (Fsp3) is 0.190. The maximum Gasteiger partial charge on any atom is 0.341 e. The minimum absolute atomic E-state index is 0.303. The molecule has 0 atom stereocenters. The molecule has 0 bridgehead atoms. The van der Waals surface area contributed by atoms with Crippen molar-refractivity contribution >= 4 is 5.97 Å². The summed E-state index contributed by atoms with van der Waals surface area (Å²) in [4.78, 5) is 19.2. The van der Waals surface area contributed by atoms with Crippen LogP contribution >= 0.6 is 0 Å². The van der Waals surface area contributed by atoms with Gasteiger partial charge in [0, 0.05) is 11.8 Å². The van der Waals surface area contributed by atoms with Crippen LogP contribution in [-0.4, -0.2) is 27.7 Å². The van der Waals surface area contributed by atoms with Crippen LogP contribution in [0.2, 0.25) is 0 Å². The molecule has 0 aliphatic heterocycles. The molecule has 0 fully saturated rings. The zero-order valence-electron chi connectivity index (χ0n) is 15.3. The Morgan fingerprint density at radius 2 is 1.56 bits per heavy atom. The third-order valence-corrected chi connectivity index (χ3v) is 3.32. The molecule has 0 aliphatic carbocycles. The number of aliphatic carboxylic acids is 1. The first-order valence-corrected chi connectivity index (χ1v) is 8.65. The van der Waals surface area contributed by atoms with Crippen molar-refractivity contribution in [3.63, 3.8) is 0 Å². The van der Waals surface area contributed by atoms with E-state index in [4.69, 9.17) is 14.6 Å². The van der Waals surface area contributed by atoms with E-state index in [1.807, 2.05) is 44.2 Å². The fourth-order valence-electron chi connectivity index (χ4n) is 2.14. The summed E-state index contributed by atoms with van der Waals surface area (Å²) in [6.07, 6.45) is 1.71. The molecule has 0 amide bonds. The van der Waals surface area contributed by atoms with E-state index in [0.717, 1.165) is 11.3 Å². The maximum atomic E-state index is 10.5. The van der Waals surface area contributed by atoms with Crippen LogP contribution in [0, 0.1) is 0 Å². The number of carboxylic acids is 1. The molecule has 1 aromatic heterocycles. The topological polar surface area (TPSA) is 81.5 Å². The number of hydrogen-bond acceptors (Lipinski definition) is 5. The normalized spacial score (nSPS) is 9.70. The molecule has 2 aromatic carbocycles. The van der Waals surface area contributed by atoms with E-state index >= 15 is 0 Å². The van der Waals surface area contributed by atoms with Gasteiger partial charge in [-0.1, -0.05) is 44.2 Å². The molecule has 1 heterocycles. The quantitative estimate of drug-likeness (QED) is 0.674. The van der Waals surface area contributed by atoms with Gasteiger partial charge in [-0.25, -0.2) is 14.8 Å². The minimum Gasteiger partial charge on any atom is -0.487 e. The number of carbonyl (C=O) groups is 1. The Hall–Kier alpha value is -3.41. The Morgan fingerprint density at radius 1 is 0.926 bits per heavy atom. The molecule has 0 unspecified atom stereocenters. The van der Waals surface area contributed by atoms with Gasteiger partial charge in [0.25, 0.3) is 0 Å². The summed E-state index contributed by atoms with van der Waals surface area (Å²) in [5.74, 6) is 0.753. The standard InChI is InChI=1S/C19H16N2O4.C2H6/c22-18(23)13-25-17-8-6-16(7-9-17)24-12-15-10-11-20-19(21-15)14-4-2-1-3-5-14;1-2/h1-11H,12-13H2,(H,22,23);1-2H3. The van der Waals surface area contributed by atoms with Crippen molar-refractivity contribution in [1.29, 1.82) is 0 Å². The van der Waals surface area contributed by atoms with Crippen LogP contribution in [0.4, 0.5) is 0 Å². The van der Waals surface area contributed by atoms with E-state index in [2.05, 4.69) is 9.97 Å². The van der Waals surface area contributed by atoms with Gasteiger partial charge in [0.1, 0.15) is 18.1 Å². The first kappa shape index (κ1) is 19.9. The predicted molar refractivity (Wildman–Crippen MR) is 103 cm³/mol. The number of nitrogens with zero attached hydrogens (tertiary/aromatic N) is 2. The van der Waals surface area contributed by atoms with Gasteiger partial charge in [0.05, 0.1) is 5.69 Å². The van der Waals surface area contributed by atoms with Crippen LogP contribution in [-0.2, 0) is 11.4 Å². The van der Waals surface area contributed by atoms with Gasteiger partial charge in [-0.2, -0.15) is 0 Å². The summed E-state index contributed by atoms with van der Waals surface area (Å²) in [6.45, 7) is 3.93. The zero-order chi connectivity index (χ0) is 19.5. The Labute approximate surface area is 158 Å². The fourth-order valence-corrected chi connectivity index (χ4v) is 2.14. The number of ether oxygens (including phenoxy) is 2. The van der Waals surface area contributed by atoms with Crippen LogP contribution < -0.4 is 9.47 Å². The molecular weight excluding hydrogens is 344 g/mol. The molecule has 0 saturated heterocycles. The van der Waals surface area contributed by atoms with E-state index in [9.17, 15) is 4.79 Å². The van der Waals surface area contributed by atoms with Gasteiger partial charge in [0.15, 0.2) is 12.4 Å². The molecule has 27 heavy (non-hydrogen) atoms. The summed E-state index contributed by atoms with van der Waals surface area (Å²) in [6, 6.07) is 18.3. The van der Waals surface area contributed by atoms with Gasteiger partial charge in [-0.05, 0) is 30.3 Å². The van der Waals surface area contributed by atoms with Crippen LogP contribution in [0.25, 0.3) is 11.4 Å². The van der Waals surface area contributed by atoms with E-state index in [0.29, 0.717) is 23.9 Å². The summed E-state index contributed by atoms with van der Waals surface area (Å²) in [5, 5.41) is 8.58. The monoisotopic (exact) mass is 366 g/mol. The Balaban J connectivity index is 0.00000126. The highest BCUT2D eigenvalue weighted by atomic mass is 16.5. The second-order valence-corrected chi connectivity index (χ2v) is 5.18. The first-order valence-electron chi connectivity index (χ1n) is 8.65. The van der Waals surface area contributed by atoms with Crippen molar-refractivity contribution in [2.75, 3.05) is 6.61 Å². The van der Waals surface area contributed by atoms with Crippen LogP contribution in [0.1, 0.15) is 19.5 Å². The number of hydrogen-bond donors (Lipinski definition) is 1. The molecular formula is C21H22N2O4. The van der Waals surface area contributed by atoms with Gasteiger partial charge in [-0.15, -0.1) is 0 Å². The third kappa shape index (κ3) is 6.43. The van der Waals surface area contributed by atoms with Crippen molar-refractivity contribution in [1.82, 2.24) is 9.97 Å². The van der Waals surface area contributed by atoms with Gasteiger partial charge in [-0.3, -0.25) is 0 Å². The lowest BCUT2D eigenvalue weighted by molar-refractivity contribution is -0.139. The molecule has 3 rings (SSSR count). The number of rotatable bonds is 7. The van der Waals surface area contributed by atoms with Crippen molar-refractivity contribution in [3.05, 3.63) is 72.6 Å². The SMILES string of the molecule is CC.O=C(O)COc1ccc(OCc2ccnc(-c3ccccc3)n2)cc1. The zero-order valence-corrected chi connectivity index (χ0v) is 15.3. The number of carboxylic acid groups (broad SMARTS) is 1. The summed E-state index contributed by atoms with van der Waals surface area (Å²) in [5.41, 5.74) is 1.71. The van der Waals surface area contributed by atoms with Gasteiger partial charge in [0.2, 0.25) is 0 Å². The van der Waals surface area contributed by atoms with E-state index in [-0.39, 0.29) is 6.61 Å². The lowest BCUT2D eigenvalue weighted by Crippen LogP contribution is -2.09. The van der Waals surface area contributed by atoms with Crippen LogP contribution in [0.5, 0.6) is 11.5 Å². The highest BCUT2D eigenvalue weighted by Crippen LogP contribution is 2.19. The van der Waals surface area contributed by atoms with Crippen molar-refractivity contribution < 1.29 is 19.4 Å². The molecule has 1 N–H and O–H groups in total. The van der Waals surface area contributed by atoms with E-state index < -0.39 is 5.97 Å². The smallest absolute Gasteiger partial charge is 0.341 e. The largest absolute Gasteiger partial charge is 0.487 e. The lowest BCUT2D eigenvalue weighted by Gasteiger charge is -2.08. The lowest BCUT2D eigenvalue weighted by atomic mass is 10.2. The molecule has 0 radical (unpaired) electrons. The first-order chi connectivity index (χ1) is 13.2. The molecule has 0 aliphatic rings. The molecule has 0 saturated carbocycles. The van der Waals surface area contributed by atoms with E-state index in [1.165, 1.54) is 0 Å². The minimum atomic E-state index is -1.02. The van der Waals surface area contributed by atoms with Crippen LogP contribution in [0.15, 0.2) is 66.9 Å². The van der Waals surface area contributed by atoms with Gasteiger partial charge < -0.3 is 14.6 Å². The molecule has 6 nitrogen and oxygen atoms in total. The molecule has 0 spiro atoms. The van der Waals surface area contributed by atoms with Crippen molar-refractivity contribution in [2.45, 2.75) is 20.5 Å². The highest BCUT2D eigenvalue weighted by Gasteiger charge is 2.04. The Kier molecular flexibility index (Phi) is 7.78. The van der Waals surface area contributed by atoms with Crippen molar-refractivity contribution in [2.24, 2.45) is 0 Å². The average Bonchev–Trinajstić information content (AvgIpc) is 2.74. The second kappa shape index (κ2) is 10.6. The van der Waals surface area contributed by atoms with Crippen molar-refractivity contribution in [3.8, 4) is 22.9 Å². The van der Waals surface area contributed by atoms with E-state index in [1.54, 1.807) is 36.5 Å². The summed E-state index contributed by atoms with van der Waals surface area (Å²) >= 11 is 0. The number of aromatic nitrogens is 2. The molecule has 6 heteroatoms.